The van der Waals surface area contributed by atoms with Gasteiger partial charge in [0.1, 0.15) is 10.6 Å². The van der Waals surface area contributed by atoms with Crippen LogP contribution in [0.4, 0.5) is 5.69 Å². The van der Waals surface area contributed by atoms with E-state index in [4.69, 9.17) is 4.74 Å². The number of anilines is 1. The third kappa shape index (κ3) is 5.43. The summed E-state index contributed by atoms with van der Waals surface area (Å²) in [5.74, 6) is 0.0401. The Bertz CT molecular complexity index is 1200. The molecule has 8 nitrogen and oxygen atoms in total. The number of hydrogen-bond donors (Lipinski definition) is 1. The number of amides is 1. The molecule has 0 spiro atoms. The molecule has 0 unspecified atom stereocenters. The summed E-state index contributed by atoms with van der Waals surface area (Å²) >= 11 is 0. The predicted molar refractivity (Wildman–Crippen MR) is 126 cm³/mol. The van der Waals surface area contributed by atoms with Gasteiger partial charge in [-0.1, -0.05) is 24.6 Å². The molecule has 1 fully saturated rings. The van der Waals surface area contributed by atoms with Crippen molar-refractivity contribution in [2.75, 3.05) is 25.0 Å². The van der Waals surface area contributed by atoms with Crippen LogP contribution < -0.4 is 10.1 Å². The fourth-order valence-corrected chi connectivity index (χ4v) is 5.54. The number of nitrogens with zero attached hydrogens (tertiary/aromatic N) is 3. The molecule has 0 bridgehead atoms. The third-order valence-electron chi connectivity index (χ3n) is 5.48. The van der Waals surface area contributed by atoms with Gasteiger partial charge in [0.15, 0.2) is 0 Å². The van der Waals surface area contributed by atoms with Gasteiger partial charge < -0.3 is 10.1 Å². The van der Waals surface area contributed by atoms with E-state index in [-0.39, 0.29) is 17.2 Å². The molecule has 4 rings (SSSR count). The zero-order valence-electron chi connectivity index (χ0n) is 18.6. The topological polar surface area (TPSA) is 93.5 Å². The summed E-state index contributed by atoms with van der Waals surface area (Å²) in [5, 5.41) is 7.12. The van der Waals surface area contributed by atoms with Gasteiger partial charge >= 0.3 is 0 Å². The molecule has 1 N–H and O–H groups in total. The highest BCUT2D eigenvalue weighted by atomic mass is 32.2. The van der Waals surface area contributed by atoms with E-state index in [1.165, 1.54) is 10.4 Å². The molecule has 0 radical (unpaired) electrons. The summed E-state index contributed by atoms with van der Waals surface area (Å²) in [4.78, 5) is 12.7. The maximum atomic E-state index is 13.3. The largest absolute Gasteiger partial charge is 0.492 e. The Morgan fingerprint density at radius 1 is 1.09 bits per heavy atom. The smallest absolute Gasteiger partial charge is 0.246 e. The van der Waals surface area contributed by atoms with Crippen LogP contribution in [0.15, 0.2) is 65.8 Å². The van der Waals surface area contributed by atoms with E-state index < -0.39 is 10.0 Å². The SMILES string of the molecule is CCOc1ccc(NC(=O)Cc2cnn(-c3ccccc3)c2)cc1S(=O)(=O)N1CCCCC1. The quantitative estimate of drug-likeness (QED) is 0.545. The van der Waals surface area contributed by atoms with Crippen LogP contribution in [0.25, 0.3) is 5.69 Å². The van der Waals surface area contributed by atoms with E-state index in [0.29, 0.717) is 31.1 Å². The van der Waals surface area contributed by atoms with Gasteiger partial charge in [-0.2, -0.15) is 9.40 Å². The first-order chi connectivity index (χ1) is 16.0. The van der Waals surface area contributed by atoms with Crippen LogP contribution in [0, 0.1) is 0 Å². The van der Waals surface area contributed by atoms with Crippen LogP contribution in [0.2, 0.25) is 0 Å². The molecule has 1 aliphatic rings. The number of rotatable bonds is 8. The lowest BCUT2D eigenvalue weighted by molar-refractivity contribution is -0.115. The Balaban J connectivity index is 1.50. The van der Waals surface area contributed by atoms with Gasteiger partial charge in [-0.3, -0.25) is 4.79 Å². The number of sulfonamides is 1. The molecule has 0 saturated carbocycles. The van der Waals surface area contributed by atoms with Crippen molar-refractivity contribution in [1.29, 1.82) is 0 Å². The highest BCUT2D eigenvalue weighted by Crippen LogP contribution is 2.31. The summed E-state index contributed by atoms with van der Waals surface area (Å²) in [7, 11) is -3.72. The number of ether oxygens (including phenoxy) is 1. The Morgan fingerprint density at radius 2 is 1.85 bits per heavy atom. The monoisotopic (exact) mass is 468 g/mol. The zero-order valence-corrected chi connectivity index (χ0v) is 19.4. The second-order valence-electron chi connectivity index (χ2n) is 7.91. The van der Waals surface area contributed by atoms with E-state index in [9.17, 15) is 13.2 Å². The molecule has 174 valence electrons. The van der Waals surface area contributed by atoms with Crippen molar-refractivity contribution in [2.24, 2.45) is 0 Å². The van der Waals surface area contributed by atoms with Crippen molar-refractivity contribution in [2.45, 2.75) is 37.5 Å². The maximum absolute atomic E-state index is 13.3. The number of carbonyl (C=O) groups is 1. The molecule has 1 aromatic heterocycles. The number of piperidine rings is 1. The molecule has 1 aliphatic heterocycles. The molecule has 0 aliphatic carbocycles. The normalized spacial score (nSPS) is 14.7. The Morgan fingerprint density at radius 3 is 2.58 bits per heavy atom. The molecule has 9 heteroatoms. The molecule has 0 atom stereocenters. The van der Waals surface area contributed by atoms with Gasteiger partial charge in [0.2, 0.25) is 15.9 Å². The lowest BCUT2D eigenvalue weighted by Gasteiger charge is -2.27. The molecule has 3 aromatic rings. The molecular formula is C24H28N4O4S. The Kier molecular flexibility index (Phi) is 7.10. The predicted octanol–water partition coefficient (Wildman–Crippen LogP) is 3.63. The Labute approximate surface area is 194 Å². The van der Waals surface area contributed by atoms with E-state index in [1.807, 2.05) is 37.3 Å². The van der Waals surface area contributed by atoms with Gasteiger partial charge in [-0.15, -0.1) is 0 Å². The highest BCUT2D eigenvalue weighted by Gasteiger charge is 2.29. The first-order valence-electron chi connectivity index (χ1n) is 11.1. The summed E-state index contributed by atoms with van der Waals surface area (Å²) in [6.45, 7) is 3.15. The molecule has 2 aromatic carbocycles. The van der Waals surface area contributed by atoms with Crippen LogP contribution in [0.5, 0.6) is 5.75 Å². The number of nitrogens with one attached hydrogen (secondary N) is 1. The van der Waals surface area contributed by atoms with E-state index in [1.54, 1.807) is 29.2 Å². The molecular weight excluding hydrogens is 440 g/mol. The summed E-state index contributed by atoms with van der Waals surface area (Å²) < 4.78 is 35.3. The lowest BCUT2D eigenvalue weighted by Crippen LogP contribution is -2.35. The summed E-state index contributed by atoms with van der Waals surface area (Å²) in [5.41, 5.74) is 2.07. The van der Waals surface area contributed by atoms with Crippen molar-refractivity contribution in [1.82, 2.24) is 14.1 Å². The fourth-order valence-electron chi connectivity index (χ4n) is 3.87. The number of benzene rings is 2. The van der Waals surface area contributed by atoms with Crippen molar-refractivity contribution in [3.8, 4) is 11.4 Å². The third-order valence-corrected chi connectivity index (χ3v) is 7.40. The molecule has 2 heterocycles. The van der Waals surface area contributed by atoms with Crippen molar-refractivity contribution < 1.29 is 17.9 Å². The van der Waals surface area contributed by atoms with Crippen molar-refractivity contribution in [3.63, 3.8) is 0 Å². The van der Waals surface area contributed by atoms with Gasteiger partial charge in [0.05, 0.1) is 24.9 Å². The number of aromatic nitrogens is 2. The minimum absolute atomic E-state index is 0.0842. The van der Waals surface area contributed by atoms with Gasteiger partial charge in [-0.05, 0) is 55.7 Å². The lowest BCUT2D eigenvalue weighted by atomic mass is 10.2. The fraction of sp³-hybridized carbons (Fsp3) is 0.333. The number of para-hydroxylation sites is 1. The highest BCUT2D eigenvalue weighted by molar-refractivity contribution is 7.89. The second kappa shape index (κ2) is 10.2. The average molecular weight is 469 g/mol. The maximum Gasteiger partial charge on any atom is 0.246 e. The van der Waals surface area contributed by atoms with Crippen LogP contribution in [-0.2, 0) is 21.2 Å². The van der Waals surface area contributed by atoms with Crippen molar-refractivity contribution >= 4 is 21.6 Å². The summed E-state index contributed by atoms with van der Waals surface area (Å²) in [6, 6.07) is 14.4. The molecule has 1 amide bonds. The standard InChI is InChI=1S/C24H28N4O4S/c1-2-32-22-12-11-20(16-23(22)33(30,31)27-13-7-4-8-14-27)26-24(29)15-19-17-25-28(18-19)21-9-5-3-6-10-21/h3,5-6,9-12,16-18H,2,4,7-8,13-15H2,1H3,(H,26,29). The van der Waals surface area contributed by atoms with E-state index >= 15 is 0 Å². The van der Waals surface area contributed by atoms with Crippen molar-refractivity contribution in [3.05, 3.63) is 66.5 Å². The van der Waals surface area contributed by atoms with Gasteiger partial charge in [0.25, 0.3) is 0 Å². The van der Waals surface area contributed by atoms with Crippen LogP contribution >= 0.6 is 0 Å². The van der Waals surface area contributed by atoms with Crippen LogP contribution in [-0.4, -0.2) is 48.1 Å². The van der Waals surface area contributed by atoms with E-state index in [0.717, 1.165) is 30.5 Å². The van der Waals surface area contributed by atoms with Crippen LogP contribution in [0.1, 0.15) is 31.7 Å². The summed E-state index contributed by atoms with van der Waals surface area (Å²) in [6.07, 6.45) is 6.29. The molecule has 1 saturated heterocycles. The zero-order chi connectivity index (χ0) is 23.3. The average Bonchev–Trinajstić information content (AvgIpc) is 3.29. The Hall–Kier alpha value is -3.17. The van der Waals surface area contributed by atoms with Gasteiger partial charge in [-0.25, -0.2) is 13.1 Å². The first kappa shape index (κ1) is 23.0. The molecule has 33 heavy (non-hydrogen) atoms. The van der Waals surface area contributed by atoms with Gasteiger partial charge in [0, 0.05) is 25.0 Å². The number of hydrogen-bond acceptors (Lipinski definition) is 5. The number of carbonyl (C=O) groups excluding carboxylic acids is 1. The minimum atomic E-state index is -3.72. The minimum Gasteiger partial charge on any atom is -0.492 e. The first-order valence-corrected chi connectivity index (χ1v) is 12.6. The second-order valence-corrected chi connectivity index (χ2v) is 9.82. The van der Waals surface area contributed by atoms with Crippen LogP contribution in [0.3, 0.4) is 0 Å². The van der Waals surface area contributed by atoms with E-state index in [2.05, 4.69) is 10.4 Å².